The number of ether oxygens (including phenoxy) is 1. The zero-order chi connectivity index (χ0) is 23.6. The average Bonchev–Trinajstić information content (AvgIpc) is 3.16. The maximum Gasteiger partial charge on any atom is 0.271 e. The van der Waals surface area contributed by atoms with Crippen molar-refractivity contribution in [3.05, 3.63) is 65.9 Å². The zero-order valence-electron chi connectivity index (χ0n) is 19.9. The normalized spacial score (nSPS) is 18.0. The summed E-state index contributed by atoms with van der Waals surface area (Å²) in [7, 11) is 0. The maximum atomic E-state index is 13.8. The Morgan fingerprint density at radius 1 is 1.15 bits per heavy atom. The highest BCUT2D eigenvalue weighted by Gasteiger charge is 2.47. The molecule has 0 saturated heterocycles. The molecular formula is C27H33N3O3. The quantitative estimate of drug-likeness (QED) is 0.548. The van der Waals surface area contributed by atoms with Crippen molar-refractivity contribution >= 4 is 22.7 Å². The van der Waals surface area contributed by atoms with Crippen LogP contribution in [0, 0.1) is 5.92 Å². The molecule has 1 unspecified atom stereocenters. The van der Waals surface area contributed by atoms with Gasteiger partial charge in [-0.05, 0) is 44.4 Å². The summed E-state index contributed by atoms with van der Waals surface area (Å²) < 4.78 is 7.80. The van der Waals surface area contributed by atoms with E-state index in [1.165, 1.54) is 0 Å². The maximum absolute atomic E-state index is 13.8. The predicted octanol–water partition coefficient (Wildman–Crippen LogP) is 4.62. The summed E-state index contributed by atoms with van der Waals surface area (Å²) in [6.07, 6.45) is 0.890. The van der Waals surface area contributed by atoms with Crippen molar-refractivity contribution in [1.29, 1.82) is 0 Å². The van der Waals surface area contributed by atoms with E-state index < -0.39 is 5.54 Å². The molecule has 1 aliphatic rings. The van der Waals surface area contributed by atoms with Gasteiger partial charge in [-0.1, -0.05) is 50.2 Å². The van der Waals surface area contributed by atoms with Crippen LogP contribution in [0.4, 0.5) is 0 Å². The van der Waals surface area contributed by atoms with Gasteiger partial charge in [-0.15, -0.1) is 0 Å². The van der Waals surface area contributed by atoms with Crippen LogP contribution in [0.5, 0.6) is 5.75 Å². The van der Waals surface area contributed by atoms with E-state index in [0.29, 0.717) is 37.9 Å². The molecule has 6 nitrogen and oxygen atoms in total. The number of hydrogen-bond donors (Lipinski definition) is 1. The first kappa shape index (κ1) is 22.9. The van der Waals surface area contributed by atoms with Crippen molar-refractivity contribution in [2.24, 2.45) is 5.92 Å². The molecule has 33 heavy (non-hydrogen) atoms. The number of para-hydroxylation sites is 2. The molecule has 0 saturated carbocycles. The van der Waals surface area contributed by atoms with Crippen molar-refractivity contribution < 1.29 is 14.3 Å². The smallest absolute Gasteiger partial charge is 0.271 e. The van der Waals surface area contributed by atoms with Crippen molar-refractivity contribution in [1.82, 2.24) is 14.8 Å². The third-order valence-electron chi connectivity index (χ3n) is 6.43. The number of carbonyl (C=O) groups is 2. The van der Waals surface area contributed by atoms with Gasteiger partial charge in [0.15, 0.2) is 0 Å². The number of amides is 2. The molecule has 1 aromatic heterocycles. The lowest BCUT2D eigenvalue weighted by molar-refractivity contribution is -0.133. The Morgan fingerprint density at radius 2 is 1.88 bits per heavy atom. The van der Waals surface area contributed by atoms with Crippen molar-refractivity contribution in [3.8, 4) is 5.75 Å². The highest BCUT2D eigenvalue weighted by molar-refractivity contribution is 6.03. The van der Waals surface area contributed by atoms with Crippen molar-refractivity contribution in [3.63, 3.8) is 0 Å². The summed E-state index contributed by atoms with van der Waals surface area (Å²) in [6, 6.07) is 17.6. The van der Waals surface area contributed by atoms with E-state index in [9.17, 15) is 9.59 Å². The van der Waals surface area contributed by atoms with E-state index in [-0.39, 0.29) is 11.8 Å². The summed E-state index contributed by atoms with van der Waals surface area (Å²) in [6.45, 7) is 9.89. The van der Waals surface area contributed by atoms with E-state index in [0.717, 1.165) is 28.6 Å². The Bertz CT molecular complexity index is 1170. The third kappa shape index (κ3) is 4.34. The number of rotatable bonds is 8. The van der Waals surface area contributed by atoms with Crippen LogP contribution in [-0.2, 0) is 17.9 Å². The van der Waals surface area contributed by atoms with Gasteiger partial charge in [0.1, 0.15) is 17.0 Å². The summed E-state index contributed by atoms with van der Waals surface area (Å²) in [5.41, 5.74) is 1.43. The van der Waals surface area contributed by atoms with Crippen LogP contribution in [0.2, 0.25) is 0 Å². The second kappa shape index (κ2) is 9.30. The molecule has 1 aliphatic heterocycles. The minimum absolute atomic E-state index is 0.131. The first-order valence-electron chi connectivity index (χ1n) is 11.7. The van der Waals surface area contributed by atoms with Crippen LogP contribution in [0.1, 0.15) is 50.2 Å². The van der Waals surface area contributed by atoms with Crippen LogP contribution >= 0.6 is 0 Å². The molecule has 0 bridgehead atoms. The molecule has 2 heterocycles. The number of carbonyl (C=O) groups excluding carboxylic acids is 2. The Balaban J connectivity index is 1.75. The first-order valence-corrected chi connectivity index (χ1v) is 11.7. The van der Waals surface area contributed by atoms with E-state index in [2.05, 4.69) is 19.2 Å². The molecule has 2 aromatic carbocycles. The lowest BCUT2D eigenvalue weighted by Gasteiger charge is -2.44. The highest BCUT2D eigenvalue weighted by Crippen LogP contribution is 2.34. The molecule has 3 aromatic rings. The van der Waals surface area contributed by atoms with Crippen LogP contribution in [0.25, 0.3) is 10.9 Å². The minimum atomic E-state index is -1.04. The second-order valence-corrected chi connectivity index (χ2v) is 9.32. The number of nitrogens with one attached hydrogen (secondary N) is 1. The number of aromatic nitrogens is 1. The third-order valence-corrected chi connectivity index (χ3v) is 6.43. The fraction of sp³-hybridized carbons (Fsp3) is 0.407. The molecule has 0 radical (unpaired) electrons. The van der Waals surface area contributed by atoms with E-state index in [1.807, 2.05) is 73.0 Å². The molecule has 174 valence electrons. The SMILES string of the molecule is CCOc1ccccc1CN1C(=O)c2cc3ccccc3n2CC1(C)C(=O)NCCC(C)C. The van der Waals surface area contributed by atoms with E-state index in [4.69, 9.17) is 4.74 Å². The standard InChI is InChI=1S/C27H33N3O3/c1-5-33-24-13-9-7-11-21(24)17-30-25(31)23-16-20-10-6-8-12-22(20)29(23)18-27(30,4)26(32)28-15-14-19(2)3/h6-13,16,19H,5,14-15,17-18H2,1-4H3,(H,28,32). The number of fused-ring (bicyclic) bond motifs is 3. The predicted molar refractivity (Wildman–Crippen MR) is 130 cm³/mol. The van der Waals surface area contributed by atoms with Crippen molar-refractivity contribution in [2.45, 2.75) is 52.7 Å². The van der Waals surface area contributed by atoms with Crippen LogP contribution < -0.4 is 10.1 Å². The van der Waals surface area contributed by atoms with E-state index >= 15 is 0 Å². The first-order chi connectivity index (χ1) is 15.8. The Kier molecular flexibility index (Phi) is 6.45. The molecule has 1 atom stereocenters. The van der Waals surface area contributed by atoms with Gasteiger partial charge in [-0.3, -0.25) is 9.59 Å². The molecule has 4 rings (SSSR count). The highest BCUT2D eigenvalue weighted by atomic mass is 16.5. The van der Waals surface area contributed by atoms with Gasteiger partial charge >= 0.3 is 0 Å². The lowest BCUT2D eigenvalue weighted by atomic mass is 9.93. The Morgan fingerprint density at radius 3 is 2.64 bits per heavy atom. The summed E-state index contributed by atoms with van der Waals surface area (Å²) >= 11 is 0. The molecular weight excluding hydrogens is 414 g/mol. The largest absolute Gasteiger partial charge is 0.494 e. The van der Waals surface area contributed by atoms with Gasteiger partial charge in [0.2, 0.25) is 5.91 Å². The molecule has 6 heteroatoms. The van der Waals surface area contributed by atoms with Crippen LogP contribution in [0.3, 0.4) is 0 Å². The van der Waals surface area contributed by atoms with Crippen molar-refractivity contribution in [2.75, 3.05) is 13.2 Å². The summed E-state index contributed by atoms with van der Waals surface area (Å²) in [5, 5.41) is 4.09. The van der Waals surface area contributed by atoms with Gasteiger partial charge in [0, 0.05) is 23.0 Å². The average molecular weight is 448 g/mol. The summed E-state index contributed by atoms with van der Waals surface area (Å²) in [5.74, 6) is 0.945. The summed E-state index contributed by atoms with van der Waals surface area (Å²) in [4.78, 5) is 29.1. The molecule has 1 N–H and O–H groups in total. The Labute approximate surface area is 195 Å². The molecule has 0 fully saturated rings. The fourth-order valence-electron chi connectivity index (χ4n) is 4.52. The van der Waals surface area contributed by atoms with Crippen LogP contribution in [0.15, 0.2) is 54.6 Å². The molecule has 0 aliphatic carbocycles. The fourth-order valence-corrected chi connectivity index (χ4v) is 4.52. The Hall–Kier alpha value is -3.28. The van der Waals surface area contributed by atoms with Gasteiger partial charge < -0.3 is 19.5 Å². The minimum Gasteiger partial charge on any atom is -0.494 e. The number of nitrogens with zero attached hydrogens (tertiary/aromatic N) is 2. The number of benzene rings is 2. The zero-order valence-corrected chi connectivity index (χ0v) is 19.9. The van der Waals surface area contributed by atoms with Gasteiger partial charge in [0.25, 0.3) is 5.91 Å². The molecule has 2 amide bonds. The lowest BCUT2D eigenvalue weighted by Crippen LogP contribution is -2.63. The second-order valence-electron chi connectivity index (χ2n) is 9.32. The van der Waals surface area contributed by atoms with E-state index in [1.54, 1.807) is 4.90 Å². The monoisotopic (exact) mass is 447 g/mol. The molecule has 0 spiro atoms. The topological polar surface area (TPSA) is 63.6 Å². The van der Waals surface area contributed by atoms with Gasteiger partial charge in [-0.2, -0.15) is 0 Å². The number of hydrogen-bond acceptors (Lipinski definition) is 3. The van der Waals surface area contributed by atoms with Gasteiger partial charge in [-0.25, -0.2) is 0 Å². The van der Waals surface area contributed by atoms with Gasteiger partial charge in [0.05, 0.1) is 19.7 Å². The van der Waals surface area contributed by atoms with Crippen LogP contribution in [-0.4, -0.2) is 40.0 Å².